The number of hydrogen-bond acceptors (Lipinski definition) is 2. The number of alkyl halides is 1. The predicted molar refractivity (Wildman–Crippen MR) is 65.4 cm³/mol. The van der Waals surface area contributed by atoms with Gasteiger partial charge in [-0.25, -0.2) is 4.39 Å². The van der Waals surface area contributed by atoms with E-state index in [4.69, 9.17) is 0 Å². The average Bonchev–Trinajstić information content (AvgIpc) is 2.42. The summed E-state index contributed by atoms with van der Waals surface area (Å²) in [5.41, 5.74) is -0.922. The van der Waals surface area contributed by atoms with Crippen molar-refractivity contribution in [2.24, 2.45) is 0 Å². The van der Waals surface area contributed by atoms with E-state index in [1.807, 2.05) is 0 Å². The Morgan fingerprint density at radius 2 is 2.12 bits per heavy atom. The Morgan fingerprint density at radius 3 is 2.88 bits per heavy atom. The second kappa shape index (κ2) is 5.46. The number of halogens is 1. The third kappa shape index (κ3) is 3.70. The standard InChI is InChI=1S/C13H25FN2/c1-13(14)6-4-9-16(10-7-13)11-12-5-2-3-8-15-12/h12,15H,2-11H2,1H3. The van der Waals surface area contributed by atoms with Gasteiger partial charge in [0.2, 0.25) is 0 Å². The molecular formula is C13H25FN2. The Bertz CT molecular complexity index is 212. The maximum absolute atomic E-state index is 13.8. The highest BCUT2D eigenvalue weighted by Crippen LogP contribution is 2.25. The summed E-state index contributed by atoms with van der Waals surface area (Å²) in [5, 5.41) is 3.57. The molecule has 0 aliphatic carbocycles. The molecule has 0 spiro atoms. The first kappa shape index (κ1) is 12.3. The van der Waals surface area contributed by atoms with Crippen LogP contribution in [0.4, 0.5) is 4.39 Å². The summed E-state index contributed by atoms with van der Waals surface area (Å²) in [6.45, 7) is 6.06. The van der Waals surface area contributed by atoms with Gasteiger partial charge in [0.15, 0.2) is 0 Å². The summed E-state index contributed by atoms with van der Waals surface area (Å²) in [5.74, 6) is 0. The highest BCUT2D eigenvalue weighted by molar-refractivity contribution is 4.82. The van der Waals surface area contributed by atoms with Crippen molar-refractivity contribution in [2.75, 3.05) is 26.2 Å². The second-order valence-electron chi connectivity index (χ2n) is 5.71. The van der Waals surface area contributed by atoms with Crippen LogP contribution in [-0.4, -0.2) is 42.8 Å². The Hall–Kier alpha value is -0.150. The predicted octanol–water partition coefficient (Wildman–Crippen LogP) is 2.34. The molecule has 0 bridgehead atoms. The molecule has 2 rings (SSSR count). The van der Waals surface area contributed by atoms with Gasteiger partial charge in [-0.2, -0.15) is 0 Å². The molecule has 2 heterocycles. The van der Waals surface area contributed by atoms with Gasteiger partial charge in [-0.3, -0.25) is 0 Å². The zero-order valence-electron chi connectivity index (χ0n) is 10.5. The lowest BCUT2D eigenvalue weighted by molar-refractivity contribution is 0.158. The summed E-state index contributed by atoms with van der Waals surface area (Å²) in [4.78, 5) is 2.45. The smallest absolute Gasteiger partial charge is 0.109 e. The molecule has 3 heteroatoms. The monoisotopic (exact) mass is 228 g/mol. The molecule has 0 aromatic carbocycles. The molecule has 2 atom stereocenters. The lowest BCUT2D eigenvalue weighted by atomic mass is 10.00. The normalized spacial score (nSPS) is 38.2. The summed E-state index contributed by atoms with van der Waals surface area (Å²) < 4.78 is 13.8. The third-order valence-electron chi connectivity index (χ3n) is 4.01. The van der Waals surface area contributed by atoms with Crippen molar-refractivity contribution in [1.29, 1.82) is 0 Å². The fourth-order valence-electron chi connectivity index (χ4n) is 2.87. The molecule has 2 unspecified atom stereocenters. The highest BCUT2D eigenvalue weighted by atomic mass is 19.1. The maximum atomic E-state index is 13.8. The minimum Gasteiger partial charge on any atom is -0.313 e. The number of piperidine rings is 1. The molecule has 2 nitrogen and oxygen atoms in total. The van der Waals surface area contributed by atoms with E-state index < -0.39 is 5.67 Å². The van der Waals surface area contributed by atoms with E-state index in [-0.39, 0.29) is 0 Å². The van der Waals surface area contributed by atoms with Crippen molar-refractivity contribution in [3.05, 3.63) is 0 Å². The minimum absolute atomic E-state index is 0.651. The summed E-state index contributed by atoms with van der Waals surface area (Å²) in [6, 6.07) is 0.651. The van der Waals surface area contributed by atoms with Gasteiger partial charge in [0.1, 0.15) is 5.67 Å². The van der Waals surface area contributed by atoms with Crippen LogP contribution in [0.1, 0.15) is 45.4 Å². The summed E-state index contributed by atoms with van der Waals surface area (Å²) in [6.07, 6.45) is 6.43. The molecule has 2 aliphatic rings. The first-order valence-electron chi connectivity index (χ1n) is 6.80. The van der Waals surface area contributed by atoms with Crippen LogP contribution >= 0.6 is 0 Å². The lowest BCUT2D eigenvalue weighted by Crippen LogP contribution is -2.44. The molecule has 2 fully saturated rings. The van der Waals surface area contributed by atoms with E-state index in [1.165, 1.54) is 25.8 Å². The summed E-state index contributed by atoms with van der Waals surface area (Å²) in [7, 11) is 0. The van der Waals surface area contributed by atoms with Crippen LogP contribution in [0.5, 0.6) is 0 Å². The van der Waals surface area contributed by atoms with Gasteiger partial charge < -0.3 is 10.2 Å². The van der Waals surface area contributed by atoms with Gasteiger partial charge in [0.25, 0.3) is 0 Å². The van der Waals surface area contributed by atoms with Crippen molar-refractivity contribution >= 4 is 0 Å². The van der Waals surface area contributed by atoms with Crippen LogP contribution < -0.4 is 5.32 Å². The molecule has 94 valence electrons. The molecular weight excluding hydrogens is 203 g/mol. The van der Waals surface area contributed by atoms with Crippen LogP contribution in [0.15, 0.2) is 0 Å². The minimum atomic E-state index is -0.922. The SMILES string of the molecule is CC1(F)CCCN(CC2CCCCN2)CC1. The Balaban J connectivity index is 1.76. The number of hydrogen-bond donors (Lipinski definition) is 1. The van der Waals surface area contributed by atoms with Gasteiger partial charge in [0.05, 0.1) is 0 Å². The summed E-state index contributed by atoms with van der Waals surface area (Å²) >= 11 is 0. The van der Waals surface area contributed by atoms with Gasteiger partial charge >= 0.3 is 0 Å². The van der Waals surface area contributed by atoms with Gasteiger partial charge in [0, 0.05) is 19.1 Å². The fourth-order valence-corrected chi connectivity index (χ4v) is 2.87. The van der Waals surface area contributed by atoms with E-state index in [2.05, 4.69) is 10.2 Å². The van der Waals surface area contributed by atoms with Gasteiger partial charge in [-0.1, -0.05) is 6.42 Å². The number of rotatable bonds is 2. The highest BCUT2D eigenvalue weighted by Gasteiger charge is 2.28. The van der Waals surface area contributed by atoms with E-state index >= 15 is 0 Å². The molecule has 0 aromatic rings. The second-order valence-corrected chi connectivity index (χ2v) is 5.71. The number of nitrogens with zero attached hydrogens (tertiary/aromatic N) is 1. The van der Waals surface area contributed by atoms with E-state index in [0.717, 1.165) is 32.5 Å². The molecule has 0 radical (unpaired) electrons. The molecule has 2 aliphatic heterocycles. The lowest BCUT2D eigenvalue weighted by Gasteiger charge is -2.29. The van der Waals surface area contributed by atoms with Crippen LogP contribution in [0.2, 0.25) is 0 Å². The third-order valence-corrected chi connectivity index (χ3v) is 4.01. The van der Waals surface area contributed by atoms with Gasteiger partial charge in [-0.15, -0.1) is 0 Å². The fraction of sp³-hybridized carbons (Fsp3) is 1.00. The zero-order valence-corrected chi connectivity index (χ0v) is 10.5. The van der Waals surface area contributed by atoms with E-state index in [0.29, 0.717) is 12.5 Å². The van der Waals surface area contributed by atoms with Gasteiger partial charge in [-0.05, 0) is 52.1 Å². The number of likely N-dealkylation sites (tertiary alicyclic amines) is 1. The Kier molecular flexibility index (Phi) is 4.20. The van der Waals surface area contributed by atoms with Crippen LogP contribution in [0.25, 0.3) is 0 Å². The van der Waals surface area contributed by atoms with E-state index in [9.17, 15) is 4.39 Å². The first-order valence-corrected chi connectivity index (χ1v) is 6.80. The van der Waals surface area contributed by atoms with E-state index in [1.54, 1.807) is 6.92 Å². The quantitative estimate of drug-likeness (QED) is 0.780. The van der Waals surface area contributed by atoms with Crippen molar-refractivity contribution in [3.63, 3.8) is 0 Å². The molecule has 2 saturated heterocycles. The molecule has 0 aromatic heterocycles. The maximum Gasteiger partial charge on any atom is 0.109 e. The van der Waals surface area contributed by atoms with Crippen LogP contribution in [0.3, 0.4) is 0 Å². The number of nitrogens with one attached hydrogen (secondary N) is 1. The van der Waals surface area contributed by atoms with Crippen molar-refractivity contribution in [1.82, 2.24) is 10.2 Å². The van der Waals surface area contributed by atoms with Crippen LogP contribution in [-0.2, 0) is 0 Å². The Morgan fingerprint density at radius 1 is 1.25 bits per heavy atom. The molecule has 1 N–H and O–H groups in total. The first-order chi connectivity index (χ1) is 7.66. The van der Waals surface area contributed by atoms with Crippen molar-refractivity contribution < 1.29 is 4.39 Å². The molecule has 0 amide bonds. The topological polar surface area (TPSA) is 15.3 Å². The molecule has 0 saturated carbocycles. The Labute approximate surface area is 98.6 Å². The largest absolute Gasteiger partial charge is 0.313 e. The average molecular weight is 228 g/mol. The zero-order chi connectivity index (χ0) is 11.4. The van der Waals surface area contributed by atoms with Crippen molar-refractivity contribution in [2.45, 2.75) is 57.2 Å². The molecule has 16 heavy (non-hydrogen) atoms. The van der Waals surface area contributed by atoms with Crippen molar-refractivity contribution in [3.8, 4) is 0 Å². The van der Waals surface area contributed by atoms with Crippen LogP contribution in [0, 0.1) is 0 Å².